The summed E-state index contributed by atoms with van der Waals surface area (Å²) in [5.74, 6) is 1.69. The molecule has 0 radical (unpaired) electrons. The summed E-state index contributed by atoms with van der Waals surface area (Å²) in [5.41, 5.74) is 1.24. The third-order valence-corrected chi connectivity index (χ3v) is 3.42. The molecule has 0 fully saturated rings. The molecule has 2 aromatic rings. The van der Waals surface area contributed by atoms with E-state index in [0.717, 1.165) is 31.1 Å². The zero-order chi connectivity index (χ0) is 15.8. The average Bonchev–Trinajstić information content (AvgIpc) is 2.52. The summed E-state index contributed by atoms with van der Waals surface area (Å²) in [4.78, 5) is 10.7. The smallest absolute Gasteiger partial charge is 0.131 e. The highest BCUT2D eigenvalue weighted by Crippen LogP contribution is 2.18. The Morgan fingerprint density at radius 3 is 2.55 bits per heavy atom. The molecule has 5 heteroatoms. The van der Waals surface area contributed by atoms with Gasteiger partial charge < -0.3 is 15.5 Å². The number of anilines is 2. The summed E-state index contributed by atoms with van der Waals surface area (Å²) < 4.78 is 0. The SMILES string of the molecule is CC(Nc1cc(NCCCN(C)C)ncn1)c1ccccc1. The minimum atomic E-state index is 0.206. The van der Waals surface area contributed by atoms with Gasteiger partial charge in [-0.1, -0.05) is 30.3 Å². The van der Waals surface area contributed by atoms with Gasteiger partial charge in [-0.15, -0.1) is 0 Å². The fraction of sp³-hybridized carbons (Fsp3) is 0.412. The topological polar surface area (TPSA) is 53.1 Å². The lowest BCUT2D eigenvalue weighted by molar-refractivity contribution is 0.405. The van der Waals surface area contributed by atoms with Crippen LogP contribution >= 0.6 is 0 Å². The molecule has 0 saturated carbocycles. The van der Waals surface area contributed by atoms with Gasteiger partial charge in [0.05, 0.1) is 0 Å². The van der Waals surface area contributed by atoms with Crippen molar-refractivity contribution in [2.45, 2.75) is 19.4 Å². The monoisotopic (exact) mass is 299 g/mol. The number of nitrogens with one attached hydrogen (secondary N) is 2. The van der Waals surface area contributed by atoms with E-state index in [4.69, 9.17) is 0 Å². The Kier molecular flexibility index (Phi) is 6.15. The quantitative estimate of drug-likeness (QED) is 0.734. The van der Waals surface area contributed by atoms with Crippen LogP contribution in [0.4, 0.5) is 11.6 Å². The molecule has 2 rings (SSSR count). The molecule has 1 aromatic heterocycles. The van der Waals surface area contributed by atoms with Crippen molar-refractivity contribution >= 4 is 11.6 Å². The van der Waals surface area contributed by atoms with Crippen molar-refractivity contribution in [3.8, 4) is 0 Å². The van der Waals surface area contributed by atoms with Crippen LogP contribution in [0.2, 0.25) is 0 Å². The number of benzene rings is 1. The molecule has 0 aliphatic heterocycles. The van der Waals surface area contributed by atoms with E-state index in [1.165, 1.54) is 5.56 Å². The molecule has 0 bridgehead atoms. The fourth-order valence-electron chi connectivity index (χ4n) is 2.19. The molecule has 0 spiro atoms. The molecular formula is C17H25N5. The van der Waals surface area contributed by atoms with E-state index in [2.05, 4.69) is 58.7 Å². The predicted molar refractivity (Wildman–Crippen MR) is 92.2 cm³/mol. The lowest BCUT2D eigenvalue weighted by Crippen LogP contribution is -2.16. The van der Waals surface area contributed by atoms with Gasteiger partial charge in [0.15, 0.2) is 0 Å². The van der Waals surface area contributed by atoms with Crippen molar-refractivity contribution in [3.05, 3.63) is 48.3 Å². The molecule has 118 valence electrons. The molecule has 2 N–H and O–H groups in total. The van der Waals surface area contributed by atoms with E-state index in [1.54, 1.807) is 6.33 Å². The Morgan fingerprint density at radius 2 is 1.82 bits per heavy atom. The molecule has 22 heavy (non-hydrogen) atoms. The van der Waals surface area contributed by atoms with E-state index in [0.29, 0.717) is 0 Å². The third-order valence-electron chi connectivity index (χ3n) is 3.42. The summed E-state index contributed by atoms with van der Waals surface area (Å²) >= 11 is 0. The van der Waals surface area contributed by atoms with Gasteiger partial charge in [-0.05, 0) is 39.5 Å². The maximum absolute atomic E-state index is 4.29. The minimum Gasteiger partial charge on any atom is -0.370 e. The number of rotatable bonds is 8. The molecule has 1 atom stereocenters. The van der Waals surface area contributed by atoms with E-state index in [1.807, 2.05) is 24.3 Å². The first-order valence-electron chi connectivity index (χ1n) is 7.67. The fourth-order valence-corrected chi connectivity index (χ4v) is 2.19. The highest BCUT2D eigenvalue weighted by atomic mass is 15.1. The van der Waals surface area contributed by atoms with E-state index in [9.17, 15) is 0 Å². The van der Waals surface area contributed by atoms with Gasteiger partial charge >= 0.3 is 0 Å². The van der Waals surface area contributed by atoms with Gasteiger partial charge in [0.25, 0.3) is 0 Å². The van der Waals surface area contributed by atoms with Gasteiger partial charge in [0.1, 0.15) is 18.0 Å². The van der Waals surface area contributed by atoms with Crippen LogP contribution in [0, 0.1) is 0 Å². The second-order valence-corrected chi connectivity index (χ2v) is 5.65. The van der Waals surface area contributed by atoms with Crippen LogP contribution < -0.4 is 10.6 Å². The van der Waals surface area contributed by atoms with Crippen molar-refractivity contribution in [3.63, 3.8) is 0 Å². The van der Waals surface area contributed by atoms with Gasteiger partial charge in [0.2, 0.25) is 0 Å². The number of hydrogen-bond donors (Lipinski definition) is 2. The normalized spacial score (nSPS) is 12.2. The molecule has 0 saturated heterocycles. The molecule has 5 nitrogen and oxygen atoms in total. The van der Waals surface area contributed by atoms with E-state index < -0.39 is 0 Å². The van der Waals surface area contributed by atoms with Crippen molar-refractivity contribution < 1.29 is 0 Å². The van der Waals surface area contributed by atoms with Crippen LogP contribution in [-0.2, 0) is 0 Å². The Hall–Kier alpha value is -2.14. The van der Waals surface area contributed by atoms with Gasteiger partial charge in [0, 0.05) is 18.7 Å². The highest BCUT2D eigenvalue weighted by molar-refractivity contribution is 5.47. The first-order chi connectivity index (χ1) is 10.6. The second-order valence-electron chi connectivity index (χ2n) is 5.65. The van der Waals surface area contributed by atoms with Gasteiger partial charge in [-0.25, -0.2) is 9.97 Å². The Morgan fingerprint density at radius 1 is 1.09 bits per heavy atom. The summed E-state index contributed by atoms with van der Waals surface area (Å²) in [6.07, 6.45) is 2.68. The average molecular weight is 299 g/mol. The maximum Gasteiger partial charge on any atom is 0.131 e. The summed E-state index contributed by atoms with van der Waals surface area (Å²) in [5, 5.41) is 6.74. The van der Waals surface area contributed by atoms with Crippen LogP contribution in [0.3, 0.4) is 0 Å². The van der Waals surface area contributed by atoms with E-state index in [-0.39, 0.29) is 6.04 Å². The predicted octanol–water partition coefficient (Wildman–Crippen LogP) is 3.01. The van der Waals surface area contributed by atoms with Gasteiger partial charge in [-0.2, -0.15) is 0 Å². The number of hydrogen-bond acceptors (Lipinski definition) is 5. The molecule has 0 amide bonds. The van der Waals surface area contributed by atoms with Crippen LogP contribution in [0.15, 0.2) is 42.7 Å². The minimum absolute atomic E-state index is 0.206. The van der Waals surface area contributed by atoms with Crippen LogP contribution in [0.25, 0.3) is 0 Å². The van der Waals surface area contributed by atoms with Gasteiger partial charge in [-0.3, -0.25) is 0 Å². The van der Waals surface area contributed by atoms with E-state index >= 15 is 0 Å². The Labute approximate surface area is 132 Å². The molecule has 1 unspecified atom stereocenters. The van der Waals surface area contributed by atoms with Crippen LogP contribution in [0.5, 0.6) is 0 Å². The number of aromatic nitrogens is 2. The summed E-state index contributed by atoms with van der Waals surface area (Å²) in [7, 11) is 4.16. The lowest BCUT2D eigenvalue weighted by Gasteiger charge is -2.15. The number of nitrogens with zero attached hydrogens (tertiary/aromatic N) is 3. The Bertz CT molecular complexity index is 556. The van der Waals surface area contributed by atoms with Crippen molar-refractivity contribution in [1.82, 2.24) is 14.9 Å². The zero-order valence-electron chi connectivity index (χ0n) is 13.6. The van der Waals surface area contributed by atoms with Crippen LogP contribution in [0.1, 0.15) is 24.9 Å². The first-order valence-corrected chi connectivity index (χ1v) is 7.67. The lowest BCUT2D eigenvalue weighted by atomic mass is 10.1. The molecule has 0 aliphatic rings. The molecule has 1 heterocycles. The first kappa shape index (κ1) is 16.2. The summed E-state index contributed by atoms with van der Waals surface area (Å²) in [6.45, 7) is 4.10. The zero-order valence-corrected chi connectivity index (χ0v) is 13.6. The molecule has 0 aliphatic carbocycles. The maximum atomic E-state index is 4.29. The third kappa shape index (κ3) is 5.33. The molecular weight excluding hydrogens is 274 g/mol. The van der Waals surface area contributed by atoms with Crippen molar-refractivity contribution in [1.29, 1.82) is 0 Å². The summed E-state index contributed by atoms with van der Waals surface area (Å²) in [6, 6.07) is 12.5. The molecule has 1 aromatic carbocycles. The highest BCUT2D eigenvalue weighted by Gasteiger charge is 2.06. The van der Waals surface area contributed by atoms with Crippen molar-refractivity contribution in [2.75, 3.05) is 37.8 Å². The standard InChI is InChI=1S/C17H25N5/c1-14(15-8-5-4-6-9-15)21-17-12-16(19-13-20-17)18-10-7-11-22(2)3/h4-6,8-9,12-14H,7,10-11H2,1-3H3,(H2,18,19,20,21). The Balaban J connectivity index is 1.88. The van der Waals surface area contributed by atoms with Crippen LogP contribution in [-0.4, -0.2) is 42.1 Å². The largest absolute Gasteiger partial charge is 0.370 e. The van der Waals surface area contributed by atoms with Crippen molar-refractivity contribution in [2.24, 2.45) is 0 Å². The second kappa shape index (κ2) is 8.34.